The van der Waals surface area contributed by atoms with Crippen molar-refractivity contribution in [2.45, 2.75) is 120 Å². The molecule has 6 bridgehead atoms. The summed E-state index contributed by atoms with van der Waals surface area (Å²) in [5, 5.41) is 4.74. The van der Waals surface area contributed by atoms with Crippen LogP contribution < -0.4 is 21.4 Å². The minimum atomic E-state index is -3.58. The van der Waals surface area contributed by atoms with Crippen LogP contribution >= 0.6 is 0 Å². The van der Waals surface area contributed by atoms with Crippen molar-refractivity contribution < 1.29 is 8.23 Å². The van der Waals surface area contributed by atoms with E-state index >= 15 is 0 Å². The Morgan fingerprint density at radius 3 is 1.11 bits per heavy atom. The largest absolute Gasteiger partial charge is 0.577 e. The first kappa shape index (κ1) is 34.0. The Bertz CT molecular complexity index is 2010. The molecule has 2 aliphatic heterocycles. The van der Waals surface area contributed by atoms with Gasteiger partial charge in [0.05, 0.1) is 0 Å². The van der Waals surface area contributed by atoms with Gasteiger partial charge in [0.15, 0.2) is 16.6 Å². The minimum Gasteiger partial charge on any atom is -0.404 e. The van der Waals surface area contributed by atoms with Crippen LogP contribution in [0.2, 0.25) is 39.3 Å². The highest BCUT2D eigenvalue weighted by molar-refractivity contribution is 6.87. The Morgan fingerprint density at radius 1 is 0.489 bits per heavy atom. The van der Waals surface area contributed by atoms with Crippen LogP contribution in [-0.2, 0) is 33.9 Å². The van der Waals surface area contributed by atoms with Crippen LogP contribution in [-0.4, -0.2) is 44.0 Å². The Balaban J connectivity index is 2.07. The van der Waals surface area contributed by atoms with Crippen molar-refractivity contribution >= 4 is 49.8 Å². The van der Waals surface area contributed by atoms with Crippen LogP contribution in [0.15, 0.2) is 0 Å². The smallest absolute Gasteiger partial charge is 0.404 e. The van der Waals surface area contributed by atoms with E-state index in [1.54, 1.807) is 0 Å². The number of H-pyrrole nitrogens is 2. The molecule has 9 heteroatoms. The standard InChI is InChI=1S/C38H56N4O2Si3/c1-15-27-23(5)31-19-37-30(18-4)26(8)36-22-34-28(16-2)24(6)32(40-34)20-38-29(17-3)25(7)35(21-33(27)39-31)41(38)47(42(36)37,43-45(9,10)11)44-46(12,13)14/h19-22,39-40H,15-18H2,1-14H3/b31-19-,32-20-,33-21-,34-22-,35-21?,36-22?,37-19?,38-20?. The maximum Gasteiger partial charge on any atom is 0.577 e. The van der Waals surface area contributed by atoms with Crippen molar-refractivity contribution in [1.82, 2.24) is 18.4 Å². The fraction of sp³-hybridized carbons (Fsp3) is 0.474. The molecule has 0 spiro atoms. The topological polar surface area (TPSA) is 59.9 Å². The van der Waals surface area contributed by atoms with Crippen LogP contribution in [0.5, 0.6) is 0 Å². The van der Waals surface area contributed by atoms with Gasteiger partial charge in [0.2, 0.25) is 0 Å². The predicted octanol–water partition coefficient (Wildman–Crippen LogP) is 5.91. The van der Waals surface area contributed by atoms with E-state index in [-0.39, 0.29) is 0 Å². The van der Waals surface area contributed by atoms with Gasteiger partial charge < -0.3 is 26.7 Å². The molecule has 0 radical (unpaired) electrons. The normalized spacial score (nSPS) is 18.0. The summed E-state index contributed by atoms with van der Waals surface area (Å²) in [7, 11) is -8.07. The summed E-state index contributed by atoms with van der Waals surface area (Å²) in [5.74, 6) is 0. The average molecular weight is 685 g/mol. The number of aromatic amines is 2. The molecule has 0 saturated heterocycles. The summed E-state index contributed by atoms with van der Waals surface area (Å²) in [5.41, 5.74) is 15.5. The van der Waals surface area contributed by atoms with Crippen LogP contribution in [0.1, 0.15) is 95.0 Å². The molecule has 47 heavy (non-hydrogen) atoms. The van der Waals surface area contributed by atoms with E-state index in [1.807, 2.05) is 0 Å². The van der Waals surface area contributed by atoms with Crippen molar-refractivity contribution in [3.63, 3.8) is 0 Å². The first-order valence-electron chi connectivity index (χ1n) is 17.7. The second-order valence-corrected chi connectivity index (χ2v) is 27.6. The van der Waals surface area contributed by atoms with Gasteiger partial charge in [-0.3, -0.25) is 0 Å². The summed E-state index contributed by atoms with van der Waals surface area (Å²) >= 11 is 0. The number of hydrogen-bond donors (Lipinski definition) is 2. The lowest BCUT2D eigenvalue weighted by molar-refractivity contribution is 0.340. The van der Waals surface area contributed by atoms with Crippen molar-refractivity contribution in [3.8, 4) is 0 Å². The Hall–Kier alpha value is -2.83. The number of fused-ring (bicyclic) bond motifs is 4. The van der Waals surface area contributed by atoms with Gasteiger partial charge in [-0.15, -0.1) is 0 Å². The van der Waals surface area contributed by atoms with Crippen LogP contribution in [0, 0.1) is 27.7 Å². The molecule has 2 aliphatic rings. The lowest BCUT2D eigenvalue weighted by Gasteiger charge is -2.43. The highest BCUT2D eigenvalue weighted by Crippen LogP contribution is 2.38. The maximum atomic E-state index is 7.88. The van der Waals surface area contributed by atoms with Crippen LogP contribution in [0.4, 0.5) is 0 Å². The molecule has 4 aromatic heterocycles. The summed E-state index contributed by atoms with van der Waals surface area (Å²) < 4.78 is 21.0. The zero-order chi connectivity index (χ0) is 34.4. The zero-order valence-corrected chi connectivity index (χ0v) is 34.3. The molecule has 0 aliphatic carbocycles. The molecule has 0 saturated carbocycles. The molecule has 6 nitrogen and oxygen atoms in total. The van der Waals surface area contributed by atoms with Crippen molar-refractivity contribution in [2.24, 2.45) is 0 Å². The number of hydrogen-bond acceptors (Lipinski definition) is 2. The van der Waals surface area contributed by atoms with Gasteiger partial charge in [-0.25, -0.2) is 0 Å². The van der Waals surface area contributed by atoms with E-state index in [0.717, 1.165) is 25.7 Å². The molecule has 4 aromatic rings. The fourth-order valence-corrected chi connectivity index (χ4v) is 18.8. The van der Waals surface area contributed by atoms with Crippen molar-refractivity contribution in [2.75, 3.05) is 0 Å². The molecule has 0 amide bonds. The molecule has 6 heterocycles. The second kappa shape index (κ2) is 11.7. The van der Waals surface area contributed by atoms with Crippen LogP contribution in [0.3, 0.4) is 0 Å². The molecular weight excluding hydrogens is 629 g/mol. The molecule has 0 fully saturated rings. The Labute approximate surface area is 284 Å². The minimum absolute atomic E-state index is 0.918. The molecule has 0 aromatic carbocycles. The van der Waals surface area contributed by atoms with Crippen molar-refractivity contribution in [3.05, 3.63) is 88.7 Å². The Morgan fingerprint density at radius 2 is 0.809 bits per heavy atom. The molecular formula is C38H56N4O2Si3. The van der Waals surface area contributed by atoms with Gasteiger partial charge in [-0.1, -0.05) is 27.7 Å². The number of nitrogens with one attached hydrogen (secondary N) is 2. The molecule has 2 N–H and O–H groups in total. The zero-order valence-electron chi connectivity index (χ0n) is 31.3. The van der Waals surface area contributed by atoms with E-state index < -0.39 is 25.5 Å². The number of aromatic nitrogens is 4. The fourth-order valence-electron chi connectivity index (χ4n) is 8.16. The third kappa shape index (κ3) is 5.33. The first-order chi connectivity index (χ1) is 22.0. The monoisotopic (exact) mass is 684 g/mol. The van der Waals surface area contributed by atoms with Gasteiger partial charge >= 0.3 is 8.88 Å². The quantitative estimate of drug-likeness (QED) is 0.200. The highest BCUT2D eigenvalue weighted by Gasteiger charge is 2.56. The predicted molar refractivity (Wildman–Crippen MR) is 205 cm³/mol. The van der Waals surface area contributed by atoms with E-state index in [1.165, 1.54) is 88.7 Å². The van der Waals surface area contributed by atoms with Crippen molar-refractivity contribution in [1.29, 1.82) is 0 Å². The molecule has 0 atom stereocenters. The lowest BCUT2D eigenvalue weighted by Crippen LogP contribution is -2.66. The lowest BCUT2D eigenvalue weighted by atomic mass is 10.0. The first-order valence-corrected chi connectivity index (χ1v) is 26.2. The van der Waals surface area contributed by atoms with Gasteiger partial charge in [0, 0.05) is 44.2 Å². The summed E-state index contributed by atoms with van der Waals surface area (Å²) in [6.45, 7) is 32.3. The number of rotatable bonds is 8. The Kier molecular flexibility index (Phi) is 8.44. The van der Waals surface area contributed by atoms with Gasteiger partial charge in [-0.2, -0.15) is 0 Å². The summed E-state index contributed by atoms with van der Waals surface area (Å²) in [6.07, 6.45) is 13.4. The van der Waals surface area contributed by atoms with E-state index in [2.05, 4.69) is 137 Å². The van der Waals surface area contributed by atoms with Gasteiger partial charge in [-0.05, 0) is 161 Å². The highest BCUT2D eigenvalue weighted by atomic mass is 28.5. The molecule has 6 rings (SSSR count). The summed E-state index contributed by atoms with van der Waals surface area (Å²) in [6, 6.07) is 0. The molecule has 0 unspecified atom stereocenters. The van der Waals surface area contributed by atoms with E-state index in [0.29, 0.717) is 0 Å². The van der Waals surface area contributed by atoms with E-state index in [4.69, 9.17) is 8.23 Å². The SMILES string of the molecule is CCc1c(C)c2n3c1/C=c1\[nH]/c(c(CC)c1C)=C\c1c(C)c(CC)c(n1[Si]3(O[Si](C)(C)C)O[Si](C)(C)C)/C=c1\[nH]/c(c(CC)c1C)=C\2. The third-order valence-electron chi connectivity index (χ3n) is 10.1. The van der Waals surface area contributed by atoms with Gasteiger partial charge in [0.1, 0.15) is 0 Å². The molecule has 252 valence electrons. The second-order valence-electron chi connectivity index (χ2n) is 15.5. The van der Waals surface area contributed by atoms with E-state index in [9.17, 15) is 0 Å². The van der Waals surface area contributed by atoms with Gasteiger partial charge in [0.25, 0.3) is 0 Å². The summed E-state index contributed by atoms with van der Waals surface area (Å²) in [4.78, 5) is 7.82. The maximum absolute atomic E-state index is 7.88. The van der Waals surface area contributed by atoms with Crippen LogP contribution in [0.25, 0.3) is 24.3 Å². The third-order valence-corrected chi connectivity index (χ3v) is 19.3. The number of nitrogens with zero attached hydrogens (tertiary/aromatic N) is 2. The average Bonchev–Trinajstić information content (AvgIpc) is 3.60.